The third-order valence-electron chi connectivity index (χ3n) is 2.62. The van der Waals surface area contributed by atoms with Gasteiger partial charge in [0.1, 0.15) is 0 Å². The zero-order valence-electron chi connectivity index (χ0n) is 11.0. The van der Waals surface area contributed by atoms with Crippen LogP contribution in [0.2, 0.25) is 0 Å². The summed E-state index contributed by atoms with van der Waals surface area (Å²) in [6.07, 6.45) is 6.44. The van der Waals surface area contributed by atoms with E-state index in [9.17, 15) is 0 Å². The fourth-order valence-corrected chi connectivity index (χ4v) is 1.59. The van der Waals surface area contributed by atoms with Crippen molar-refractivity contribution in [1.29, 1.82) is 0 Å². The Labute approximate surface area is 125 Å². The van der Waals surface area contributed by atoms with Crippen LogP contribution in [0.1, 0.15) is 25.3 Å². The molecule has 102 valence electrons. The van der Waals surface area contributed by atoms with Gasteiger partial charge < -0.3 is 10.6 Å². The molecule has 0 amide bonds. The molecule has 1 aliphatic rings. The molecule has 1 fully saturated rings. The molecule has 0 aliphatic heterocycles. The number of aryl methyl sites for hydroxylation is 1. The molecule has 1 saturated carbocycles. The van der Waals surface area contributed by atoms with Crippen molar-refractivity contribution in [3.8, 4) is 0 Å². The van der Waals surface area contributed by atoms with E-state index in [1.165, 1.54) is 18.4 Å². The lowest BCUT2D eigenvalue weighted by atomic mass is 10.4. The molecule has 6 heteroatoms. The zero-order valence-corrected chi connectivity index (χ0v) is 13.3. The van der Waals surface area contributed by atoms with E-state index >= 15 is 0 Å². The van der Waals surface area contributed by atoms with Crippen LogP contribution in [0.15, 0.2) is 17.4 Å². The summed E-state index contributed by atoms with van der Waals surface area (Å²) in [5.41, 5.74) is 1.19. The van der Waals surface area contributed by atoms with Crippen molar-refractivity contribution in [2.24, 2.45) is 4.99 Å². The highest BCUT2D eigenvalue weighted by Gasteiger charge is 2.21. The number of halogens is 1. The smallest absolute Gasteiger partial charge is 0.191 e. The molecule has 0 aromatic carbocycles. The largest absolute Gasteiger partial charge is 0.357 e. The van der Waals surface area contributed by atoms with Gasteiger partial charge in [0.15, 0.2) is 5.96 Å². The summed E-state index contributed by atoms with van der Waals surface area (Å²) in [6.45, 7) is 6.62. The summed E-state index contributed by atoms with van der Waals surface area (Å²) < 4.78 is 1.93. The van der Waals surface area contributed by atoms with Gasteiger partial charge in [-0.05, 0) is 32.3 Å². The van der Waals surface area contributed by atoms with Gasteiger partial charge in [-0.3, -0.25) is 9.67 Å². The average Bonchev–Trinajstić information content (AvgIpc) is 3.01. The molecule has 1 aromatic heterocycles. The number of nitrogens with one attached hydrogen (secondary N) is 2. The van der Waals surface area contributed by atoms with Crippen LogP contribution in [0.4, 0.5) is 0 Å². The van der Waals surface area contributed by atoms with Crippen molar-refractivity contribution >= 4 is 29.9 Å². The highest BCUT2D eigenvalue weighted by molar-refractivity contribution is 14.0. The standard InChI is InChI=1S/C12H21N5.HI/c1-3-13-12(16-11-4-5-11)14-6-7-17-9-10(2)8-15-17;/h8-9,11H,3-7H2,1-2H3,(H2,13,14,16);1H. The summed E-state index contributed by atoms with van der Waals surface area (Å²) in [5.74, 6) is 0.930. The summed E-state index contributed by atoms with van der Waals surface area (Å²) in [4.78, 5) is 4.53. The molecular formula is C12H22IN5. The topological polar surface area (TPSA) is 54.2 Å². The first-order valence-electron chi connectivity index (χ1n) is 6.32. The highest BCUT2D eigenvalue weighted by Crippen LogP contribution is 2.18. The Hall–Kier alpha value is -0.790. The van der Waals surface area contributed by atoms with Crippen LogP contribution < -0.4 is 10.6 Å². The molecule has 0 bridgehead atoms. The lowest BCUT2D eigenvalue weighted by Crippen LogP contribution is -2.38. The first-order valence-corrected chi connectivity index (χ1v) is 6.32. The second kappa shape index (κ2) is 7.60. The number of aliphatic imine (C=N–C) groups is 1. The maximum atomic E-state index is 4.53. The molecule has 2 rings (SSSR count). The maximum absolute atomic E-state index is 4.53. The summed E-state index contributed by atoms with van der Waals surface area (Å²) in [7, 11) is 0. The Morgan fingerprint density at radius 3 is 2.89 bits per heavy atom. The number of rotatable bonds is 5. The molecule has 18 heavy (non-hydrogen) atoms. The number of guanidine groups is 1. The van der Waals surface area contributed by atoms with Crippen LogP contribution >= 0.6 is 24.0 Å². The van der Waals surface area contributed by atoms with Gasteiger partial charge >= 0.3 is 0 Å². The van der Waals surface area contributed by atoms with Crippen molar-refractivity contribution in [3.63, 3.8) is 0 Å². The van der Waals surface area contributed by atoms with Crippen LogP contribution in [0, 0.1) is 6.92 Å². The van der Waals surface area contributed by atoms with Crippen molar-refractivity contribution in [2.75, 3.05) is 13.1 Å². The summed E-state index contributed by atoms with van der Waals surface area (Å²) in [6, 6.07) is 0.639. The van der Waals surface area contributed by atoms with Crippen LogP contribution in [0.5, 0.6) is 0 Å². The molecule has 0 unspecified atom stereocenters. The van der Waals surface area contributed by atoms with Gasteiger partial charge in [-0.25, -0.2) is 0 Å². The van der Waals surface area contributed by atoms with Gasteiger partial charge in [-0.1, -0.05) is 0 Å². The zero-order chi connectivity index (χ0) is 12.1. The summed E-state index contributed by atoms with van der Waals surface area (Å²) in [5, 5.41) is 10.9. The first-order chi connectivity index (χ1) is 8.28. The molecule has 0 atom stereocenters. The van der Waals surface area contributed by atoms with Crippen molar-refractivity contribution < 1.29 is 0 Å². The van der Waals surface area contributed by atoms with E-state index in [0.29, 0.717) is 6.04 Å². The number of hydrogen-bond acceptors (Lipinski definition) is 2. The number of hydrogen-bond donors (Lipinski definition) is 2. The molecule has 1 aromatic rings. The Balaban J connectivity index is 0.00000162. The third kappa shape index (κ3) is 5.24. The first kappa shape index (κ1) is 15.3. The predicted octanol–water partition coefficient (Wildman–Crippen LogP) is 1.53. The van der Waals surface area contributed by atoms with Crippen LogP contribution in [-0.4, -0.2) is 34.9 Å². The highest BCUT2D eigenvalue weighted by atomic mass is 127. The van der Waals surface area contributed by atoms with E-state index in [2.05, 4.69) is 27.6 Å². The monoisotopic (exact) mass is 363 g/mol. The van der Waals surface area contributed by atoms with Crippen LogP contribution in [0.3, 0.4) is 0 Å². The lowest BCUT2D eigenvalue weighted by molar-refractivity contribution is 0.621. The number of aromatic nitrogens is 2. The molecule has 0 spiro atoms. The minimum Gasteiger partial charge on any atom is -0.357 e. The van der Waals surface area contributed by atoms with E-state index in [4.69, 9.17) is 0 Å². The van der Waals surface area contributed by atoms with E-state index in [-0.39, 0.29) is 24.0 Å². The van der Waals surface area contributed by atoms with E-state index < -0.39 is 0 Å². The minimum absolute atomic E-state index is 0. The van der Waals surface area contributed by atoms with Crippen LogP contribution in [0.25, 0.3) is 0 Å². The molecular weight excluding hydrogens is 341 g/mol. The van der Waals surface area contributed by atoms with Crippen molar-refractivity contribution in [2.45, 2.75) is 39.3 Å². The Morgan fingerprint density at radius 2 is 2.33 bits per heavy atom. The predicted molar refractivity (Wildman–Crippen MR) is 84.5 cm³/mol. The van der Waals surface area contributed by atoms with Gasteiger partial charge in [0.2, 0.25) is 0 Å². The molecule has 1 heterocycles. The fraction of sp³-hybridized carbons (Fsp3) is 0.667. The average molecular weight is 363 g/mol. The van der Waals surface area contributed by atoms with Gasteiger partial charge in [0, 0.05) is 18.8 Å². The molecule has 1 aliphatic carbocycles. The number of nitrogens with zero attached hydrogens (tertiary/aromatic N) is 3. The lowest BCUT2D eigenvalue weighted by Gasteiger charge is -2.09. The molecule has 2 N–H and O–H groups in total. The Kier molecular flexibility index (Phi) is 6.45. The van der Waals surface area contributed by atoms with Crippen molar-refractivity contribution in [1.82, 2.24) is 20.4 Å². The third-order valence-corrected chi connectivity index (χ3v) is 2.62. The molecule has 0 radical (unpaired) electrons. The van der Waals surface area contributed by atoms with Crippen molar-refractivity contribution in [3.05, 3.63) is 18.0 Å². The SMILES string of the molecule is CCNC(=NCCn1cc(C)cn1)NC1CC1.I. The van der Waals surface area contributed by atoms with Gasteiger partial charge in [0.25, 0.3) is 0 Å². The summed E-state index contributed by atoms with van der Waals surface area (Å²) >= 11 is 0. The minimum atomic E-state index is 0. The Bertz CT molecular complexity index is 384. The normalized spacial score (nSPS) is 15.1. The quantitative estimate of drug-likeness (QED) is 0.474. The molecule has 0 saturated heterocycles. The van der Waals surface area contributed by atoms with Crippen LogP contribution in [-0.2, 0) is 6.54 Å². The van der Waals surface area contributed by atoms with E-state index in [1.54, 1.807) is 0 Å². The second-order valence-electron chi connectivity index (χ2n) is 4.46. The van der Waals surface area contributed by atoms with E-state index in [0.717, 1.165) is 25.6 Å². The Morgan fingerprint density at radius 1 is 1.56 bits per heavy atom. The fourth-order valence-electron chi connectivity index (χ4n) is 1.59. The molecule has 5 nitrogen and oxygen atoms in total. The van der Waals surface area contributed by atoms with Gasteiger partial charge in [-0.15, -0.1) is 24.0 Å². The second-order valence-corrected chi connectivity index (χ2v) is 4.46. The van der Waals surface area contributed by atoms with Gasteiger partial charge in [-0.2, -0.15) is 5.10 Å². The van der Waals surface area contributed by atoms with Gasteiger partial charge in [0.05, 0.1) is 19.3 Å². The van der Waals surface area contributed by atoms with E-state index in [1.807, 2.05) is 24.0 Å². The maximum Gasteiger partial charge on any atom is 0.191 e.